The molecule has 0 spiro atoms. The van der Waals surface area contributed by atoms with Crippen molar-refractivity contribution in [2.75, 3.05) is 0 Å². The van der Waals surface area contributed by atoms with Crippen molar-refractivity contribution in [3.8, 4) is 0 Å². The topological polar surface area (TPSA) is 102 Å². The van der Waals surface area contributed by atoms with E-state index in [0.717, 1.165) is 11.8 Å². The van der Waals surface area contributed by atoms with E-state index in [2.05, 4.69) is 5.16 Å². The van der Waals surface area contributed by atoms with Crippen molar-refractivity contribution in [3.05, 3.63) is 64.0 Å². The Labute approximate surface area is 123 Å². The summed E-state index contributed by atoms with van der Waals surface area (Å²) in [7, 11) is 0. The van der Waals surface area contributed by atoms with Gasteiger partial charge in [0.1, 0.15) is 5.82 Å². The van der Waals surface area contributed by atoms with Gasteiger partial charge in [0.05, 0.1) is 9.82 Å². The zero-order valence-electron chi connectivity index (χ0n) is 10.6. The molecule has 0 bridgehead atoms. The third kappa shape index (κ3) is 3.48. The van der Waals surface area contributed by atoms with E-state index in [1.807, 2.05) is 0 Å². The molecule has 0 aliphatic rings. The molecule has 0 aliphatic carbocycles. The van der Waals surface area contributed by atoms with Crippen molar-refractivity contribution in [1.29, 1.82) is 0 Å². The molecule has 21 heavy (non-hydrogen) atoms. The van der Waals surface area contributed by atoms with Gasteiger partial charge in [-0.3, -0.25) is 10.1 Å². The molecule has 0 aromatic heterocycles. The molecule has 0 aliphatic heterocycles. The second kappa shape index (κ2) is 6.23. The van der Waals surface area contributed by atoms with Gasteiger partial charge in [-0.25, -0.2) is 4.39 Å². The van der Waals surface area contributed by atoms with Crippen LogP contribution in [0.1, 0.15) is 5.56 Å². The van der Waals surface area contributed by atoms with Crippen LogP contribution in [-0.2, 0) is 0 Å². The van der Waals surface area contributed by atoms with Crippen LogP contribution in [0.4, 0.5) is 10.1 Å². The molecule has 2 rings (SSSR count). The van der Waals surface area contributed by atoms with Crippen molar-refractivity contribution in [2.45, 2.75) is 9.79 Å². The van der Waals surface area contributed by atoms with E-state index in [4.69, 9.17) is 10.9 Å². The Balaban J connectivity index is 2.41. The highest BCUT2D eigenvalue weighted by Gasteiger charge is 2.17. The summed E-state index contributed by atoms with van der Waals surface area (Å²) in [5.41, 5.74) is 5.44. The molecule has 0 unspecified atom stereocenters. The molecule has 0 saturated carbocycles. The molecule has 0 radical (unpaired) electrons. The second-order valence-corrected chi connectivity index (χ2v) is 5.10. The number of nitrogens with zero attached hydrogens (tertiary/aromatic N) is 2. The lowest BCUT2D eigenvalue weighted by molar-refractivity contribution is -0.387. The van der Waals surface area contributed by atoms with Crippen LogP contribution in [0.5, 0.6) is 0 Å². The molecule has 0 saturated heterocycles. The Morgan fingerprint density at radius 3 is 2.71 bits per heavy atom. The number of rotatable bonds is 4. The summed E-state index contributed by atoms with van der Waals surface area (Å²) in [6.07, 6.45) is 0. The predicted octanol–water partition coefficient (Wildman–Crippen LogP) is 2.98. The molecule has 2 aromatic carbocycles. The number of benzene rings is 2. The minimum atomic E-state index is -0.574. The first-order valence-electron chi connectivity index (χ1n) is 5.71. The molecular weight excluding hydrogens is 297 g/mol. The van der Waals surface area contributed by atoms with Crippen LogP contribution in [0.15, 0.2) is 57.4 Å². The SMILES string of the molecule is N/C(=N/O)c1ccc(Sc2cccc(F)c2)c([N+](=O)[O-])c1. The lowest BCUT2D eigenvalue weighted by Crippen LogP contribution is -2.13. The molecule has 0 fully saturated rings. The van der Waals surface area contributed by atoms with Crippen LogP contribution < -0.4 is 5.73 Å². The van der Waals surface area contributed by atoms with Crippen molar-refractivity contribution in [1.82, 2.24) is 0 Å². The Morgan fingerprint density at radius 2 is 2.10 bits per heavy atom. The van der Waals surface area contributed by atoms with Gasteiger partial charge in [0, 0.05) is 16.5 Å². The highest BCUT2D eigenvalue weighted by atomic mass is 32.2. The average molecular weight is 307 g/mol. The van der Waals surface area contributed by atoms with Crippen molar-refractivity contribution >= 4 is 23.3 Å². The minimum Gasteiger partial charge on any atom is -0.409 e. The van der Waals surface area contributed by atoms with E-state index in [9.17, 15) is 14.5 Å². The van der Waals surface area contributed by atoms with Gasteiger partial charge in [-0.2, -0.15) is 0 Å². The van der Waals surface area contributed by atoms with Crippen LogP contribution in [0.2, 0.25) is 0 Å². The normalized spacial score (nSPS) is 11.4. The fourth-order valence-corrected chi connectivity index (χ4v) is 2.57. The van der Waals surface area contributed by atoms with Gasteiger partial charge in [0.25, 0.3) is 5.69 Å². The maximum atomic E-state index is 13.1. The van der Waals surface area contributed by atoms with Gasteiger partial charge in [0.2, 0.25) is 0 Å². The first-order valence-corrected chi connectivity index (χ1v) is 6.52. The summed E-state index contributed by atoms with van der Waals surface area (Å²) >= 11 is 1.06. The zero-order chi connectivity index (χ0) is 15.4. The number of hydrogen-bond acceptors (Lipinski definition) is 5. The molecular formula is C13H10FN3O3S. The van der Waals surface area contributed by atoms with E-state index in [1.54, 1.807) is 6.07 Å². The summed E-state index contributed by atoms with van der Waals surface area (Å²) in [5.74, 6) is -0.642. The predicted molar refractivity (Wildman–Crippen MR) is 76.1 cm³/mol. The van der Waals surface area contributed by atoms with Crippen LogP contribution in [0, 0.1) is 15.9 Å². The van der Waals surface area contributed by atoms with Gasteiger partial charge in [-0.15, -0.1) is 0 Å². The van der Waals surface area contributed by atoms with E-state index in [1.165, 1.54) is 36.4 Å². The Morgan fingerprint density at radius 1 is 1.33 bits per heavy atom. The van der Waals surface area contributed by atoms with E-state index >= 15 is 0 Å². The van der Waals surface area contributed by atoms with Gasteiger partial charge in [-0.1, -0.05) is 23.0 Å². The number of nitro benzene ring substituents is 1. The van der Waals surface area contributed by atoms with Crippen LogP contribution in [-0.4, -0.2) is 16.0 Å². The Hall–Kier alpha value is -2.61. The quantitative estimate of drug-likeness (QED) is 0.297. The van der Waals surface area contributed by atoms with E-state index < -0.39 is 10.7 Å². The van der Waals surface area contributed by atoms with Gasteiger partial charge >= 0.3 is 0 Å². The fourth-order valence-electron chi connectivity index (χ4n) is 1.62. The smallest absolute Gasteiger partial charge is 0.283 e. The summed E-state index contributed by atoms with van der Waals surface area (Å²) in [6, 6.07) is 9.91. The number of halogens is 1. The zero-order valence-corrected chi connectivity index (χ0v) is 11.4. The summed E-state index contributed by atoms with van der Waals surface area (Å²) in [6.45, 7) is 0. The monoisotopic (exact) mass is 307 g/mol. The molecule has 8 heteroatoms. The largest absolute Gasteiger partial charge is 0.409 e. The first-order chi connectivity index (χ1) is 10.0. The number of nitro groups is 1. The number of nitrogens with two attached hydrogens (primary N) is 1. The Bertz CT molecular complexity index is 722. The molecule has 0 atom stereocenters. The molecule has 0 heterocycles. The molecule has 2 aromatic rings. The number of hydrogen-bond donors (Lipinski definition) is 2. The molecule has 108 valence electrons. The molecule has 0 amide bonds. The van der Waals surface area contributed by atoms with Gasteiger partial charge < -0.3 is 10.9 Å². The first kappa shape index (κ1) is 14.8. The van der Waals surface area contributed by atoms with Crippen LogP contribution in [0.3, 0.4) is 0 Å². The summed E-state index contributed by atoms with van der Waals surface area (Å²) in [4.78, 5) is 11.4. The van der Waals surface area contributed by atoms with Crippen molar-refractivity contribution < 1.29 is 14.5 Å². The highest BCUT2D eigenvalue weighted by Crippen LogP contribution is 2.35. The maximum absolute atomic E-state index is 13.1. The van der Waals surface area contributed by atoms with Crippen LogP contribution >= 0.6 is 11.8 Å². The van der Waals surface area contributed by atoms with Crippen molar-refractivity contribution in [3.63, 3.8) is 0 Å². The third-order valence-corrected chi connectivity index (χ3v) is 3.64. The Kier molecular flexibility index (Phi) is 4.39. The third-order valence-electron chi connectivity index (χ3n) is 2.58. The maximum Gasteiger partial charge on any atom is 0.283 e. The molecule has 3 N–H and O–H groups in total. The fraction of sp³-hybridized carbons (Fsp3) is 0. The lowest BCUT2D eigenvalue weighted by Gasteiger charge is -2.05. The summed E-state index contributed by atoms with van der Waals surface area (Å²) < 4.78 is 13.1. The van der Waals surface area contributed by atoms with Gasteiger partial charge in [-0.05, 0) is 30.3 Å². The number of oxime groups is 1. The standard InChI is InChI=1S/C13H10FN3O3S/c14-9-2-1-3-10(7-9)21-12-5-4-8(13(15)16-18)6-11(12)17(19)20/h1-7,18H,(H2,15,16). The molecule has 6 nitrogen and oxygen atoms in total. The van der Waals surface area contributed by atoms with Crippen LogP contribution in [0.25, 0.3) is 0 Å². The van der Waals surface area contributed by atoms with Crippen molar-refractivity contribution in [2.24, 2.45) is 10.9 Å². The highest BCUT2D eigenvalue weighted by molar-refractivity contribution is 7.99. The second-order valence-electron chi connectivity index (χ2n) is 3.98. The average Bonchev–Trinajstić information content (AvgIpc) is 2.46. The lowest BCUT2D eigenvalue weighted by atomic mass is 10.2. The van der Waals surface area contributed by atoms with Gasteiger partial charge in [0.15, 0.2) is 5.84 Å². The number of amidine groups is 1. The van der Waals surface area contributed by atoms with E-state index in [0.29, 0.717) is 9.79 Å². The minimum absolute atomic E-state index is 0.201. The van der Waals surface area contributed by atoms with E-state index in [-0.39, 0.29) is 17.1 Å². The summed E-state index contributed by atoms with van der Waals surface area (Å²) in [5, 5.41) is 22.5.